The van der Waals surface area contributed by atoms with Gasteiger partial charge in [-0.3, -0.25) is 4.79 Å². The molecule has 2 N–H and O–H groups in total. The highest BCUT2D eigenvalue weighted by Gasteiger charge is 2.28. The zero-order chi connectivity index (χ0) is 13.2. The van der Waals surface area contributed by atoms with E-state index in [0.29, 0.717) is 18.8 Å². The van der Waals surface area contributed by atoms with Crippen LogP contribution in [0.4, 0.5) is 5.69 Å². The Morgan fingerprint density at radius 1 is 1.47 bits per heavy atom. The van der Waals surface area contributed by atoms with Gasteiger partial charge in [0.05, 0.1) is 6.54 Å². The molecule has 7 heteroatoms. The minimum absolute atomic E-state index is 0.0154. The molecule has 1 atom stereocenters. The lowest BCUT2D eigenvalue weighted by Gasteiger charge is -2.31. The number of amides is 1. The maximum Gasteiger partial charge on any atom is 0.228 e. The second-order valence-corrected chi connectivity index (χ2v) is 4.48. The average Bonchev–Trinajstić information content (AvgIpc) is 2.95. The molecule has 0 aliphatic carbocycles. The molecule has 1 unspecified atom stereocenters. The van der Waals surface area contributed by atoms with Crippen LogP contribution in [0.15, 0.2) is 24.3 Å². The van der Waals surface area contributed by atoms with Gasteiger partial charge in [0.2, 0.25) is 5.91 Å². The number of carbonyl (C=O) groups is 1. The summed E-state index contributed by atoms with van der Waals surface area (Å²) >= 11 is 0. The number of tetrazole rings is 1. The highest BCUT2D eigenvalue weighted by Crippen LogP contribution is 2.33. The summed E-state index contributed by atoms with van der Waals surface area (Å²) in [6.07, 6.45) is 0.436. The summed E-state index contributed by atoms with van der Waals surface area (Å²) in [5.41, 5.74) is 2.07. The van der Waals surface area contributed by atoms with Crippen LogP contribution in [0.25, 0.3) is 0 Å². The molecule has 19 heavy (non-hydrogen) atoms. The number of nitrogens with one attached hydrogen (secondary N) is 2. The van der Waals surface area contributed by atoms with Crippen molar-refractivity contribution in [1.29, 1.82) is 0 Å². The molecule has 1 aromatic heterocycles. The normalized spacial score (nSPS) is 18.5. The Morgan fingerprint density at radius 3 is 3.11 bits per heavy atom. The summed E-state index contributed by atoms with van der Waals surface area (Å²) in [6.45, 7) is 0.479. The first-order chi connectivity index (χ1) is 9.25. The van der Waals surface area contributed by atoms with E-state index < -0.39 is 0 Å². The number of aromatic nitrogens is 4. The van der Waals surface area contributed by atoms with Crippen molar-refractivity contribution in [3.05, 3.63) is 35.7 Å². The zero-order valence-electron chi connectivity index (χ0n) is 10.5. The van der Waals surface area contributed by atoms with Gasteiger partial charge >= 0.3 is 0 Å². The minimum atomic E-state index is -0.0154. The van der Waals surface area contributed by atoms with Crippen LogP contribution in [0.1, 0.15) is 23.9 Å². The number of anilines is 1. The zero-order valence-corrected chi connectivity index (χ0v) is 10.5. The molecule has 98 valence electrons. The number of nitrogens with zero attached hydrogens (tertiary/aromatic N) is 4. The van der Waals surface area contributed by atoms with E-state index in [0.717, 1.165) is 11.3 Å². The first-order valence-corrected chi connectivity index (χ1v) is 6.07. The van der Waals surface area contributed by atoms with E-state index in [4.69, 9.17) is 0 Å². The molecule has 1 aliphatic rings. The Labute approximate surface area is 110 Å². The standard InChI is InChI=1S/C12H14N6O/c1-18-10-5-3-2-4-8(10)9(6-12(18)19)13-7-11-14-16-17-15-11/h2-5,9,13H,6-7H2,1H3,(H,14,15,16,17). The third-order valence-corrected chi connectivity index (χ3v) is 3.32. The van der Waals surface area contributed by atoms with Gasteiger partial charge < -0.3 is 10.2 Å². The van der Waals surface area contributed by atoms with Gasteiger partial charge in [0.25, 0.3) is 0 Å². The number of rotatable bonds is 3. The molecule has 0 saturated heterocycles. The van der Waals surface area contributed by atoms with Crippen molar-refractivity contribution in [1.82, 2.24) is 25.9 Å². The van der Waals surface area contributed by atoms with Crippen LogP contribution in [0.2, 0.25) is 0 Å². The topological polar surface area (TPSA) is 86.8 Å². The number of aromatic amines is 1. The van der Waals surface area contributed by atoms with Gasteiger partial charge in [0.15, 0.2) is 5.82 Å². The van der Waals surface area contributed by atoms with Gasteiger partial charge in [-0.15, -0.1) is 10.2 Å². The van der Waals surface area contributed by atoms with Crippen LogP contribution < -0.4 is 10.2 Å². The molecule has 1 aromatic carbocycles. The Morgan fingerprint density at radius 2 is 2.32 bits per heavy atom. The highest BCUT2D eigenvalue weighted by atomic mass is 16.2. The second-order valence-electron chi connectivity index (χ2n) is 4.48. The van der Waals surface area contributed by atoms with Gasteiger partial charge in [-0.2, -0.15) is 5.21 Å². The Bertz CT molecular complexity index is 582. The number of carbonyl (C=O) groups excluding carboxylic acids is 1. The molecule has 3 rings (SSSR count). The summed E-state index contributed by atoms with van der Waals surface area (Å²) < 4.78 is 0. The maximum absolute atomic E-state index is 12.0. The number of para-hydroxylation sites is 1. The third-order valence-electron chi connectivity index (χ3n) is 3.32. The highest BCUT2D eigenvalue weighted by molar-refractivity contribution is 5.96. The lowest BCUT2D eigenvalue weighted by molar-refractivity contribution is -0.119. The Hall–Kier alpha value is -2.28. The Kier molecular flexibility index (Phi) is 2.96. The van der Waals surface area contributed by atoms with E-state index in [2.05, 4.69) is 25.9 Å². The molecule has 7 nitrogen and oxygen atoms in total. The second kappa shape index (κ2) is 4.77. The van der Waals surface area contributed by atoms with Gasteiger partial charge in [-0.05, 0) is 11.6 Å². The average molecular weight is 258 g/mol. The molecule has 2 heterocycles. The summed E-state index contributed by atoms with van der Waals surface area (Å²) in [7, 11) is 1.80. The SMILES string of the molecule is CN1C(=O)CC(NCc2nn[nH]n2)c2ccccc21. The summed E-state index contributed by atoms with van der Waals surface area (Å²) in [4.78, 5) is 13.7. The Balaban J connectivity index is 1.82. The maximum atomic E-state index is 12.0. The predicted molar refractivity (Wildman–Crippen MR) is 68.2 cm³/mol. The van der Waals surface area contributed by atoms with Gasteiger partial charge in [0.1, 0.15) is 0 Å². The van der Waals surface area contributed by atoms with Crippen LogP contribution >= 0.6 is 0 Å². The van der Waals surface area contributed by atoms with Crippen LogP contribution in [-0.2, 0) is 11.3 Å². The lowest BCUT2D eigenvalue weighted by Crippen LogP contribution is -2.37. The molecule has 1 amide bonds. The monoisotopic (exact) mass is 258 g/mol. The van der Waals surface area contributed by atoms with Crippen molar-refractivity contribution in [3.8, 4) is 0 Å². The van der Waals surface area contributed by atoms with Crippen molar-refractivity contribution in [2.75, 3.05) is 11.9 Å². The van der Waals surface area contributed by atoms with Crippen molar-refractivity contribution >= 4 is 11.6 Å². The predicted octanol–water partition coefficient (Wildman–Crippen LogP) is 0.397. The fraction of sp³-hybridized carbons (Fsp3) is 0.333. The molecule has 0 fully saturated rings. The van der Waals surface area contributed by atoms with Crippen molar-refractivity contribution < 1.29 is 4.79 Å². The fourth-order valence-electron chi connectivity index (χ4n) is 2.30. The molecule has 0 radical (unpaired) electrons. The van der Waals surface area contributed by atoms with E-state index in [1.165, 1.54) is 0 Å². The van der Waals surface area contributed by atoms with E-state index >= 15 is 0 Å². The van der Waals surface area contributed by atoms with E-state index in [-0.39, 0.29) is 11.9 Å². The summed E-state index contributed by atoms with van der Waals surface area (Å²) in [5.74, 6) is 0.688. The number of H-pyrrole nitrogens is 1. The molecule has 1 aliphatic heterocycles. The third kappa shape index (κ3) is 2.19. The molecular formula is C12H14N6O. The van der Waals surface area contributed by atoms with Crippen LogP contribution in [-0.4, -0.2) is 33.6 Å². The van der Waals surface area contributed by atoms with Crippen molar-refractivity contribution in [2.24, 2.45) is 0 Å². The van der Waals surface area contributed by atoms with Gasteiger partial charge in [0, 0.05) is 25.2 Å². The number of hydrogen-bond acceptors (Lipinski definition) is 5. The van der Waals surface area contributed by atoms with Crippen molar-refractivity contribution in [3.63, 3.8) is 0 Å². The van der Waals surface area contributed by atoms with E-state index in [9.17, 15) is 4.79 Å². The quantitative estimate of drug-likeness (QED) is 0.832. The summed E-state index contributed by atoms with van der Waals surface area (Å²) in [5, 5.41) is 17.0. The number of hydrogen-bond donors (Lipinski definition) is 2. The number of fused-ring (bicyclic) bond motifs is 1. The smallest absolute Gasteiger partial charge is 0.228 e. The fourth-order valence-corrected chi connectivity index (χ4v) is 2.30. The lowest BCUT2D eigenvalue weighted by atomic mass is 9.96. The minimum Gasteiger partial charge on any atom is -0.315 e. The van der Waals surface area contributed by atoms with Crippen molar-refractivity contribution in [2.45, 2.75) is 19.0 Å². The summed E-state index contributed by atoms with van der Waals surface area (Å²) in [6, 6.07) is 7.88. The molecular weight excluding hydrogens is 244 g/mol. The molecule has 2 aromatic rings. The van der Waals surface area contributed by atoms with Gasteiger partial charge in [-0.1, -0.05) is 23.4 Å². The number of benzene rings is 1. The molecule has 0 bridgehead atoms. The van der Waals surface area contributed by atoms with Crippen LogP contribution in [0, 0.1) is 0 Å². The van der Waals surface area contributed by atoms with Crippen LogP contribution in [0.3, 0.4) is 0 Å². The van der Waals surface area contributed by atoms with E-state index in [1.54, 1.807) is 11.9 Å². The van der Waals surface area contributed by atoms with E-state index in [1.807, 2.05) is 24.3 Å². The van der Waals surface area contributed by atoms with Crippen LogP contribution in [0.5, 0.6) is 0 Å². The molecule has 0 spiro atoms. The molecule has 0 saturated carbocycles. The largest absolute Gasteiger partial charge is 0.315 e. The van der Waals surface area contributed by atoms with Gasteiger partial charge in [-0.25, -0.2) is 0 Å². The first-order valence-electron chi connectivity index (χ1n) is 6.07. The first kappa shape index (κ1) is 11.8.